The number of urea groups is 1. The van der Waals surface area contributed by atoms with Crippen molar-refractivity contribution < 1.29 is 14.4 Å². The molecule has 2 saturated heterocycles. The molecule has 10 heteroatoms. The Morgan fingerprint density at radius 2 is 1.97 bits per heavy atom. The molecular weight excluding hydrogens is 465 g/mol. The number of anilines is 1. The summed E-state index contributed by atoms with van der Waals surface area (Å²) in [5, 5.41) is 5.97. The molecule has 0 radical (unpaired) electrons. The number of nitrogens with zero attached hydrogens (tertiary/aromatic N) is 3. The van der Waals surface area contributed by atoms with Gasteiger partial charge in [0.25, 0.3) is 5.91 Å². The molecule has 4 amide bonds. The second-order valence-corrected chi connectivity index (χ2v) is 9.33. The molecule has 0 spiro atoms. The molecule has 2 aromatic rings. The predicted molar refractivity (Wildman–Crippen MR) is 126 cm³/mol. The number of amides is 4. The van der Waals surface area contributed by atoms with Gasteiger partial charge in [-0.3, -0.25) is 19.9 Å². The summed E-state index contributed by atoms with van der Waals surface area (Å²) < 4.78 is 0. The van der Waals surface area contributed by atoms with Crippen molar-refractivity contribution in [2.45, 2.75) is 38.3 Å². The van der Waals surface area contributed by atoms with E-state index in [1.807, 2.05) is 32.0 Å². The van der Waals surface area contributed by atoms with E-state index in [1.165, 1.54) is 0 Å². The number of carbonyl (C=O) groups excluding carboxylic acids is 3. The molecule has 2 fully saturated rings. The molecule has 174 valence electrons. The SMILES string of the molecule is Cc1ccc(C2(CCC(=O)N3CCN(c4ccc(Cl)c(Cl)c4)[C@@H](C)C3)NC(=O)NC2=O)nc1. The van der Waals surface area contributed by atoms with Crippen LogP contribution in [0.5, 0.6) is 0 Å². The number of imide groups is 1. The van der Waals surface area contributed by atoms with Gasteiger partial charge in [0.1, 0.15) is 0 Å². The van der Waals surface area contributed by atoms with E-state index in [2.05, 4.69) is 20.5 Å². The summed E-state index contributed by atoms with van der Waals surface area (Å²) in [4.78, 5) is 46.0. The van der Waals surface area contributed by atoms with Crippen LogP contribution in [-0.4, -0.2) is 53.4 Å². The zero-order valence-corrected chi connectivity index (χ0v) is 19.9. The van der Waals surface area contributed by atoms with Gasteiger partial charge >= 0.3 is 6.03 Å². The fourth-order valence-corrected chi connectivity index (χ4v) is 4.67. The maximum Gasteiger partial charge on any atom is 0.322 e. The van der Waals surface area contributed by atoms with Crippen LogP contribution in [0.1, 0.15) is 31.0 Å². The fourth-order valence-electron chi connectivity index (χ4n) is 4.38. The molecule has 33 heavy (non-hydrogen) atoms. The van der Waals surface area contributed by atoms with Crippen LogP contribution in [0.25, 0.3) is 0 Å². The Labute approximate surface area is 202 Å². The van der Waals surface area contributed by atoms with Gasteiger partial charge in [-0.05, 0) is 50.1 Å². The average Bonchev–Trinajstić information content (AvgIpc) is 3.08. The highest BCUT2D eigenvalue weighted by Gasteiger charge is 2.49. The number of piperazine rings is 1. The lowest BCUT2D eigenvalue weighted by molar-refractivity contribution is -0.133. The highest BCUT2D eigenvalue weighted by atomic mass is 35.5. The van der Waals surface area contributed by atoms with Gasteiger partial charge in [-0.1, -0.05) is 29.3 Å². The lowest BCUT2D eigenvalue weighted by atomic mass is 9.88. The monoisotopic (exact) mass is 489 g/mol. The second kappa shape index (κ2) is 9.19. The highest BCUT2D eigenvalue weighted by Crippen LogP contribution is 2.31. The van der Waals surface area contributed by atoms with E-state index in [1.54, 1.807) is 23.2 Å². The van der Waals surface area contributed by atoms with Crippen LogP contribution in [0.2, 0.25) is 10.0 Å². The van der Waals surface area contributed by atoms with Crippen molar-refractivity contribution in [2.75, 3.05) is 24.5 Å². The Hall–Kier alpha value is -2.84. The topological polar surface area (TPSA) is 94.6 Å². The second-order valence-electron chi connectivity index (χ2n) is 8.51. The van der Waals surface area contributed by atoms with Crippen LogP contribution in [0.15, 0.2) is 36.5 Å². The van der Waals surface area contributed by atoms with Crippen molar-refractivity contribution in [2.24, 2.45) is 0 Å². The van der Waals surface area contributed by atoms with Crippen molar-refractivity contribution in [3.63, 3.8) is 0 Å². The fraction of sp³-hybridized carbons (Fsp3) is 0.391. The number of pyridine rings is 1. The van der Waals surface area contributed by atoms with Crippen molar-refractivity contribution >= 4 is 46.7 Å². The van der Waals surface area contributed by atoms with E-state index in [-0.39, 0.29) is 24.8 Å². The number of aryl methyl sites for hydroxylation is 1. The lowest BCUT2D eigenvalue weighted by Gasteiger charge is -2.41. The van der Waals surface area contributed by atoms with Gasteiger partial charge in [0.2, 0.25) is 5.91 Å². The number of carbonyl (C=O) groups is 3. The van der Waals surface area contributed by atoms with Crippen LogP contribution in [0, 0.1) is 6.92 Å². The summed E-state index contributed by atoms with van der Waals surface area (Å²) in [6, 6.07) is 8.54. The first-order valence-electron chi connectivity index (χ1n) is 10.8. The van der Waals surface area contributed by atoms with E-state index >= 15 is 0 Å². The van der Waals surface area contributed by atoms with E-state index in [0.29, 0.717) is 35.4 Å². The molecule has 1 aromatic heterocycles. The van der Waals surface area contributed by atoms with Crippen molar-refractivity contribution in [1.82, 2.24) is 20.5 Å². The molecule has 2 atom stereocenters. The minimum Gasteiger partial charge on any atom is -0.365 e. The van der Waals surface area contributed by atoms with Gasteiger partial charge in [-0.25, -0.2) is 4.79 Å². The first-order valence-corrected chi connectivity index (χ1v) is 11.5. The molecule has 1 unspecified atom stereocenters. The number of halogens is 2. The molecule has 2 aliphatic heterocycles. The van der Waals surface area contributed by atoms with Crippen LogP contribution in [-0.2, 0) is 15.1 Å². The first-order chi connectivity index (χ1) is 15.7. The van der Waals surface area contributed by atoms with Crippen LogP contribution < -0.4 is 15.5 Å². The van der Waals surface area contributed by atoms with E-state index in [0.717, 1.165) is 11.3 Å². The van der Waals surface area contributed by atoms with Gasteiger partial charge in [-0.2, -0.15) is 0 Å². The number of benzene rings is 1. The normalized spacial score (nSPS) is 22.8. The van der Waals surface area contributed by atoms with Crippen LogP contribution in [0.3, 0.4) is 0 Å². The van der Waals surface area contributed by atoms with E-state index in [9.17, 15) is 14.4 Å². The number of aromatic nitrogens is 1. The standard InChI is InChI=1S/C23H25Cl2N5O3/c1-14-3-6-19(26-12-14)23(21(32)27-22(33)28-23)8-7-20(31)29-9-10-30(15(2)13-29)16-4-5-17(24)18(25)11-16/h3-6,11-12,15H,7-10,13H2,1-2H3,(H2,27,28,32,33)/t15-,23?/m0/s1. The molecule has 2 N–H and O–H groups in total. The third kappa shape index (κ3) is 4.63. The van der Waals surface area contributed by atoms with Gasteiger partial charge in [0.15, 0.2) is 5.54 Å². The van der Waals surface area contributed by atoms with E-state index in [4.69, 9.17) is 23.2 Å². The van der Waals surface area contributed by atoms with Crippen LogP contribution >= 0.6 is 23.2 Å². The summed E-state index contributed by atoms with van der Waals surface area (Å²) in [7, 11) is 0. The summed E-state index contributed by atoms with van der Waals surface area (Å²) >= 11 is 12.2. The van der Waals surface area contributed by atoms with Crippen molar-refractivity contribution in [3.05, 3.63) is 57.8 Å². The number of hydrogen-bond acceptors (Lipinski definition) is 5. The third-order valence-electron chi connectivity index (χ3n) is 6.22. The number of nitrogens with one attached hydrogen (secondary N) is 2. The molecule has 1 aromatic carbocycles. The van der Waals surface area contributed by atoms with Gasteiger partial charge in [0, 0.05) is 44.0 Å². The first kappa shape index (κ1) is 23.3. The summed E-state index contributed by atoms with van der Waals surface area (Å²) in [6.45, 7) is 5.65. The molecule has 4 rings (SSSR count). The zero-order valence-electron chi connectivity index (χ0n) is 18.4. The average molecular weight is 490 g/mol. The highest BCUT2D eigenvalue weighted by molar-refractivity contribution is 6.42. The quantitative estimate of drug-likeness (QED) is 0.628. The van der Waals surface area contributed by atoms with Gasteiger partial charge in [-0.15, -0.1) is 0 Å². The number of hydrogen-bond donors (Lipinski definition) is 2. The Kier molecular flexibility index (Phi) is 6.50. The van der Waals surface area contributed by atoms with Gasteiger partial charge < -0.3 is 15.1 Å². The third-order valence-corrected chi connectivity index (χ3v) is 6.96. The van der Waals surface area contributed by atoms with Crippen molar-refractivity contribution in [1.29, 1.82) is 0 Å². The maximum atomic E-state index is 13.1. The predicted octanol–water partition coefficient (Wildman–Crippen LogP) is 3.25. The minimum absolute atomic E-state index is 0.0714. The Balaban J connectivity index is 1.43. The molecule has 0 saturated carbocycles. The van der Waals surface area contributed by atoms with E-state index < -0.39 is 17.5 Å². The Morgan fingerprint density at radius 3 is 2.58 bits per heavy atom. The zero-order chi connectivity index (χ0) is 23.8. The minimum atomic E-state index is -1.35. The molecule has 3 heterocycles. The molecule has 2 aliphatic rings. The largest absolute Gasteiger partial charge is 0.365 e. The molecule has 0 aliphatic carbocycles. The summed E-state index contributed by atoms with van der Waals surface area (Å²) in [6.07, 6.45) is 1.87. The van der Waals surface area contributed by atoms with Gasteiger partial charge in [0.05, 0.1) is 15.7 Å². The van der Waals surface area contributed by atoms with Crippen molar-refractivity contribution in [3.8, 4) is 0 Å². The maximum absolute atomic E-state index is 13.1. The Morgan fingerprint density at radius 1 is 1.18 bits per heavy atom. The smallest absolute Gasteiger partial charge is 0.322 e. The Bertz CT molecular complexity index is 1090. The lowest BCUT2D eigenvalue weighted by Crippen LogP contribution is -2.54. The molecule has 8 nitrogen and oxygen atoms in total. The van der Waals surface area contributed by atoms with Crippen LogP contribution in [0.4, 0.5) is 10.5 Å². The molecule has 0 bridgehead atoms. The number of rotatable bonds is 5. The molecular formula is C23H25Cl2N5O3. The summed E-state index contributed by atoms with van der Waals surface area (Å²) in [5.41, 5.74) is 0.956. The summed E-state index contributed by atoms with van der Waals surface area (Å²) in [5.74, 6) is -0.564.